The second kappa shape index (κ2) is 6.62. The van der Waals surface area contributed by atoms with E-state index in [9.17, 15) is 13.2 Å². The Morgan fingerprint density at radius 3 is 2.35 bits per heavy atom. The first-order chi connectivity index (χ1) is 9.27. The van der Waals surface area contributed by atoms with Crippen molar-refractivity contribution >= 4 is 21.8 Å². The van der Waals surface area contributed by atoms with Crippen molar-refractivity contribution in [1.82, 2.24) is 0 Å². The molecule has 110 valence electrons. The molecule has 0 unspecified atom stereocenters. The van der Waals surface area contributed by atoms with Crippen molar-refractivity contribution in [2.45, 2.75) is 25.2 Å². The van der Waals surface area contributed by atoms with Crippen LogP contribution in [0.1, 0.15) is 18.9 Å². The Balaban J connectivity index is 2.79. The van der Waals surface area contributed by atoms with Gasteiger partial charge >= 0.3 is 5.97 Å². The molecule has 0 bridgehead atoms. The topological polar surface area (TPSA) is 105 Å². The Labute approximate surface area is 118 Å². The Morgan fingerprint density at radius 1 is 1.35 bits per heavy atom. The Morgan fingerprint density at radius 2 is 1.90 bits per heavy atom. The van der Waals surface area contributed by atoms with Crippen LogP contribution in [0, 0.1) is 18.3 Å². The number of hydrogen-bond donors (Lipinski definition) is 2. The van der Waals surface area contributed by atoms with Gasteiger partial charge < -0.3 is 5.11 Å². The maximum Gasteiger partial charge on any atom is 0.349 e. The molecule has 0 aliphatic heterocycles. The Kier molecular flexibility index (Phi) is 5.41. The van der Waals surface area contributed by atoms with Crippen LogP contribution in [0.5, 0.6) is 0 Å². The lowest BCUT2D eigenvalue weighted by atomic mass is 10.0. The van der Waals surface area contributed by atoms with Gasteiger partial charge in [0.15, 0.2) is 0 Å². The summed E-state index contributed by atoms with van der Waals surface area (Å²) in [5, 5.41) is 16.1. The fourth-order valence-electron chi connectivity index (χ4n) is 1.52. The summed E-state index contributed by atoms with van der Waals surface area (Å²) in [7, 11) is -3.93. The molecule has 0 amide bonds. The lowest BCUT2D eigenvalue weighted by molar-refractivity contribution is -0.129. The van der Waals surface area contributed by atoms with Crippen molar-refractivity contribution in [2.24, 2.45) is 5.92 Å². The van der Waals surface area contributed by atoms with E-state index in [1.54, 1.807) is 19.1 Å². The first kappa shape index (κ1) is 16.3. The molecule has 0 aliphatic carbocycles. The first-order valence-corrected chi connectivity index (χ1v) is 7.46. The number of benzene rings is 1. The third-order valence-electron chi connectivity index (χ3n) is 2.87. The molecule has 0 fully saturated rings. The highest BCUT2D eigenvalue weighted by atomic mass is 32.2. The second-order valence-electron chi connectivity index (χ2n) is 4.38. The summed E-state index contributed by atoms with van der Waals surface area (Å²) in [5.41, 5.74) is 0.370. The third-order valence-corrected chi connectivity index (χ3v) is 4.16. The highest BCUT2D eigenvalue weighted by molar-refractivity contribution is 7.86. The van der Waals surface area contributed by atoms with Gasteiger partial charge in [-0.1, -0.05) is 24.6 Å². The van der Waals surface area contributed by atoms with Gasteiger partial charge in [-0.25, -0.2) is 4.79 Å². The van der Waals surface area contributed by atoms with E-state index in [2.05, 4.69) is 0 Å². The number of aliphatic carboxylic acids is 1. The van der Waals surface area contributed by atoms with Gasteiger partial charge in [0.1, 0.15) is 5.71 Å². The molecule has 1 aromatic carbocycles. The van der Waals surface area contributed by atoms with Crippen molar-refractivity contribution in [3.05, 3.63) is 29.8 Å². The lowest BCUT2D eigenvalue weighted by Crippen LogP contribution is -2.27. The van der Waals surface area contributed by atoms with Crippen LogP contribution in [-0.2, 0) is 19.1 Å². The van der Waals surface area contributed by atoms with E-state index in [0.29, 0.717) is 6.42 Å². The van der Waals surface area contributed by atoms with E-state index < -0.39 is 27.7 Å². The predicted molar refractivity (Wildman–Crippen MR) is 73.5 cm³/mol. The predicted octanol–water partition coefficient (Wildman–Crippen LogP) is 1.83. The maximum absolute atomic E-state index is 11.9. The maximum atomic E-state index is 11.9. The van der Waals surface area contributed by atoms with Gasteiger partial charge in [0.2, 0.25) is 0 Å². The minimum absolute atomic E-state index is 0.0137. The van der Waals surface area contributed by atoms with Crippen LogP contribution < -0.4 is 0 Å². The van der Waals surface area contributed by atoms with E-state index >= 15 is 0 Å². The average molecular weight is 299 g/mol. The molecule has 1 rings (SSSR count). The van der Waals surface area contributed by atoms with Crippen molar-refractivity contribution in [3.8, 4) is 0 Å². The van der Waals surface area contributed by atoms with E-state index in [1.807, 2.05) is 6.92 Å². The summed E-state index contributed by atoms with van der Waals surface area (Å²) in [4.78, 5) is 10.7. The van der Waals surface area contributed by atoms with Gasteiger partial charge in [-0.3, -0.25) is 9.59 Å². The highest BCUT2D eigenvalue weighted by Gasteiger charge is 2.23. The Hall–Kier alpha value is -1.73. The number of hydrogen-bond acceptors (Lipinski definition) is 5. The number of carboxylic acids is 1. The van der Waals surface area contributed by atoms with Crippen LogP contribution in [0.2, 0.25) is 0 Å². The van der Waals surface area contributed by atoms with Crippen LogP contribution in [-0.4, -0.2) is 31.8 Å². The smallest absolute Gasteiger partial charge is 0.349 e. The van der Waals surface area contributed by atoms with E-state index in [1.165, 1.54) is 12.1 Å². The molecule has 0 heterocycles. The van der Waals surface area contributed by atoms with Gasteiger partial charge in [-0.2, -0.15) is 8.42 Å². The SMILES string of the molecule is CC[C@H](COS(=O)(=O)c1ccc(C)cc1)C(=N)C(=O)O. The standard InChI is InChI=1S/C13H17NO5S/c1-3-10(12(14)13(15)16)8-19-20(17,18)11-6-4-9(2)5-7-11/h4-7,10,14H,3,8H2,1-2H3,(H,15,16)/t10-/m1/s1. The molecule has 20 heavy (non-hydrogen) atoms. The monoisotopic (exact) mass is 299 g/mol. The van der Waals surface area contributed by atoms with Crippen LogP contribution >= 0.6 is 0 Å². The zero-order valence-corrected chi connectivity index (χ0v) is 12.1. The third kappa shape index (κ3) is 4.14. The van der Waals surface area contributed by atoms with Crippen LogP contribution in [0.3, 0.4) is 0 Å². The van der Waals surface area contributed by atoms with Crippen molar-refractivity contribution in [3.63, 3.8) is 0 Å². The number of carboxylic acid groups (broad SMARTS) is 1. The second-order valence-corrected chi connectivity index (χ2v) is 5.99. The molecule has 1 aromatic rings. The van der Waals surface area contributed by atoms with Crippen LogP contribution in [0.15, 0.2) is 29.2 Å². The quantitative estimate of drug-likeness (QED) is 0.590. The summed E-state index contributed by atoms with van der Waals surface area (Å²) in [6, 6.07) is 6.14. The van der Waals surface area contributed by atoms with Gasteiger partial charge in [0, 0.05) is 5.92 Å². The molecule has 0 saturated heterocycles. The van der Waals surface area contributed by atoms with Gasteiger partial charge in [-0.05, 0) is 25.5 Å². The molecule has 1 atom stereocenters. The van der Waals surface area contributed by atoms with Crippen LogP contribution in [0.4, 0.5) is 0 Å². The van der Waals surface area contributed by atoms with Crippen molar-refractivity contribution < 1.29 is 22.5 Å². The summed E-state index contributed by atoms with van der Waals surface area (Å²) in [6.07, 6.45) is 0.314. The number of aryl methyl sites for hydroxylation is 1. The summed E-state index contributed by atoms with van der Waals surface area (Å²) in [5.74, 6) is -2.12. The average Bonchev–Trinajstić information content (AvgIpc) is 2.39. The molecule has 2 N–H and O–H groups in total. The number of nitrogens with one attached hydrogen (secondary N) is 1. The fraction of sp³-hybridized carbons (Fsp3) is 0.385. The zero-order chi connectivity index (χ0) is 15.3. The normalized spacial score (nSPS) is 12.9. The molecule has 7 heteroatoms. The number of rotatable bonds is 7. The molecule has 6 nitrogen and oxygen atoms in total. The molecule has 0 aromatic heterocycles. The van der Waals surface area contributed by atoms with Gasteiger partial charge in [0.25, 0.3) is 10.1 Å². The van der Waals surface area contributed by atoms with E-state index in [-0.39, 0.29) is 11.5 Å². The first-order valence-electron chi connectivity index (χ1n) is 6.05. The molecular weight excluding hydrogens is 282 g/mol. The zero-order valence-electron chi connectivity index (χ0n) is 11.3. The molecule has 0 radical (unpaired) electrons. The summed E-state index contributed by atoms with van der Waals surface area (Å²) >= 11 is 0. The molecule has 0 spiro atoms. The minimum atomic E-state index is -3.93. The fourth-order valence-corrected chi connectivity index (χ4v) is 2.47. The van der Waals surface area contributed by atoms with Crippen molar-refractivity contribution in [1.29, 1.82) is 5.41 Å². The minimum Gasteiger partial charge on any atom is -0.477 e. The van der Waals surface area contributed by atoms with Crippen molar-refractivity contribution in [2.75, 3.05) is 6.61 Å². The van der Waals surface area contributed by atoms with Crippen LogP contribution in [0.25, 0.3) is 0 Å². The largest absolute Gasteiger partial charge is 0.477 e. The molecular formula is C13H17NO5S. The summed E-state index contributed by atoms with van der Waals surface area (Å²) < 4.78 is 28.7. The molecule has 0 aliphatic rings. The summed E-state index contributed by atoms with van der Waals surface area (Å²) in [6.45, 7) is 3.15. The molecule has 0 saturated carbocycles. The lowest BCUT2D eigenvalue weighted by Gasteiger charge is -2.13. The number of carbonyl (C=O) groups is 1. The van der Waals surface area contributed by atoms with Gasteiger partial charge in [-0.15, -0.1) is 0 Å². The van der Waals surface area contributed by atoms with Gasteiger partial charge in [0.05, 0.1) is 11.5 Å². The van der Waals surface area contributed by atoms with E-state index in [4.69, 9.17) is 14.7 Å². The van der Waals surface area contributed by atoms with E-state index in [0.717, 1.165) is 5.56 Å². The Bertz CT molecular complexity index is 592. The highest BCUT2D eigenvalue weighted by Crippen LogP contribution is 2.16.